The number of ether oxygens (including phenoxy) is 1. The number of carbonyl (C=O) groups excluding carboxylic acids is 2. The minimum absolute atomic E-state index is 0.0697. The number of hydrogen-bond acceptors (Lipinski definition) is 6. The fourth-order valence-electron chi connectivity index (χ4n) is 3.27. The van der Waals surface area contributed by atoms with E-state index in [1.54, 1.807) is 51.1 Å². The molecule has 1 atom stereocenters. The van der Waals surface area contributed by atoms with Crippen molar-refractivity contribution in [3.63, 3.8) is 0 Å². The second-order valence-electron chi connectivity index (χ2n) is 8.81. The zero-order valence-corrected chi connectivity index (χ0v) is 20.4. The molecule has 0 aliphatic carbocycles. The van der Waals surface area contributed by atoms with Gasteiger partial charge in [-0.15, -0.1) is 0 Å². The van der Waals surface area contributed by atoms with Gasteiger partial charge in [0.05, 0.1) is 18.4 Å². The topological polar surface area (TPSA) is 139 Å². The van der Waals surface area contributed by atoms with Crippen LogP contribution in [0, 0.1) is 0 Å². The maximum absolute atomic E-state index is 12.9. The summed E-state index contributed by atoms with van der Waals surface area (Å²) in [7, 11) is -2.57. The van der Waals surface area contributed by atoms with Crippen molar-refractivity contribution in [3.05, 3.63) is 54.1 Å². The number of carboxylic acids is 1. The number of methoxy groups -OCH3 is 1. The van der Waals surface area contributed by atoms with Crippen LogP contribution in [0.15, 0.2) is 53.4 Å². The van der Waals surface area contributed by atoms with Crippen LogP contribution in [0.5, 0.6) is 0 Å². The van der Waals surface area contributed by atoms with Crippen LogP contribution in [0.2, 0.25) is 0 Å². The maximum atomic E-state index is 12.9. The maximum Gasteiger partial charge on any atom is 0.307 e. The van der Waals surface area contributed by atoms with E-state index in [-0.39, 0.29) is 29.7 Å². The standard InChI is InChI=1S/C24H30N2O7S/c1-24(2,3)26-34(31,32)20-8-6-5-7-19(20)16-9-11-17(12-10-16)23(30)25-18(13-14-21(27)28)15-22(29)33-4/h5-12,18,26H,13-15H2,1-4H3,(H,25,30)(H,27,28). The van der Waals surface area contributed by atoms with Gasteiger partial charge in [0.25, 0.3) is 5.91 Å². The Hall–Kier alpha value is -3.24. The van der Waals surface area contributed by atoms with Crippen molar-refractivity contribution < 1.29 is 32.6 Å². The molecule has 3 N–H and O–H groups in total. The molecule has 1 amide bonds. The van der Waals surface area contributed by atoms with E-state index < -0.39 is 39.4 Å². The van der Waals surface area contributed by atoms with Crippen molar-refractivity contribution >= 4 is 27.9 Å². The number of carboxylic acid groups (broad SMARTS) is 1. The fourth-order valence-corrected chi connectivity index (χ4v) is 4.92. The van der Waals surface area contributed by atoms with Crippen molar-refractivity contribution in [1.29, 1.82) is 0 Å². The smallest absolute Gasteiger partial charge is 0.307 e. The predicted octanol–water partition coefficient (Wildman–Crippen LogP) is 2.96. The summed E-state index contributed by atoms with van der Waals surface area (Å²) >= 11 is 0. The number of nitrogens with one attached hydrogen (secondary N) is 2. The van der Waals surface area contributed by atoms with Crippen molar-refractivity contribution in [2.24, 2.45) is 0 Å². The first-order chi connectivity index (χ1) is 15.8. The normalized spacial score (nSPS) is 12.6. The summed E-state index contributed by atoms with van der Waals surface area (Å²) in [6.07, 6.45) is -0.297. The summed E-state index contributed by atoms with van der Waals surface area (Å²) in [4.78, 5) is 35.3. The van der Waals surface area contributed by atoms with Crippen LogP contribution < -0.4 is 10.0 Å². The van der Waals surface area contributed by atoms with Crippen LogP contribution in [0.25, 0.3) is 11.1 Å². The molecule has 9 nitrogen and oxygen atoms in total. The molecule has 0 aliphatic heterocycles. The van der Waals surface area contributed by atoms with Gasteiger partial charge in [-0.25, -0.2) is 13.1 Å². The molecule has 34 heavy (non-hydrogen) atoms. The molecular weight excluding hydrogens is 460 g/mol. The number of hydrogen-bond donors (Lipinski definition) is 3. The molecule has 0 aliphatic rings. The van der Waals surface area contributed by atoms with Crippen molar-refractivity contribution in [3.8, 4) is 11.1 Å². The Balaban J connectivity index is 2.26. The lowest BCUT2D eigenvalue weighted by Gasteiger charge is -2.21. The van der Waals surface area contributed by atoms with E-state index in [2.05, 4.69) is 14.8 Å². The molecule has 0 saturated heterocycles. The highest BCUT2D eigenvalue weighted by Crippen LogP contribution is 2.28. The molecule has 0 spiro atoms. The largest absolute Gasteiger partial charge is 0.481 e. The molecule has 0 saturated carbocycles. The molecule has 1 unspecified atom stereocenters. The van der Waals surface area contributed by atoms with Crippen molar-refractivity contribution in [2.45, 2.75) is 56.5 Å². The highest BCUT2D eigenvalue weighted by atomic mass is 32.2. The molecule has 0 radical (unpaired) electrons. The molecule has 184 valence electrons. The van der Waals surface area contributed by atoms with Crippen LogP contribution >= 0.6 is 0 Å². The van der Waals surface area contributed by atoms with Gasteiger partial charge >= 0.3 is 11.9 Å². The Kier molecular flexibility index (Phi) is 8.94. The summed E-state index contributed by atoms with van der Waals surface area (Å²) < 4.78 is 33.1. The lowest BCUT2D eigenvalue weighted by Crippen LogP contribution is -2.40. The number of aliphatic carboxylic acids is 1. The molecule has 0 fully saturated rings. The highest BCUT2D eigenvalue weighted by molar-refractivity contribution is 7.89. The van der Waals surface area contributed by atoms with Crippen molar-refractivity contribution in [1.82, 2.24) is 10.0 Å². The summed E-state index contributed by atoms with van der Waals surface area (Å²) in [6, 6.07) is 12.2. The number of esters is 1. The minimum atomic E-state index is -3.79. The number of amides is 1. The van der Waals surface area contributed by atoms with Gasteiger partial charge in [0.15, 0.2) is 0 Å². The zero-order chi connectivity index (χ0) is 25.5. The summed E-state index contributed by atoms with van der Waals surface area (Å²) in [5.74, 6) is -2.09. The third-order valence-electron chi connectivity index (χ3n) is 4.76. The third kappa shape index (κ3) is 7.96. The number of benzene rings is 2. The molecule has 0 bridgehead atoms. The van der Waals surface area contributed by atoms with E-state index in [4.69, 9.17) is 5.11 Å². The average molecular weight is 491 g/mol. The van der Waals surface area contributed by atoms with Gasteiger partial charge in [-0.1, -0.05) is 30.3 Å². The lowest BCUT2D eigenvalue weighted by molar-refractivity contribution is -0.142. The second kappa shape index (κ2) is 11.3. The van der Waals surface area contributed by atoms with E-state index in [9.17, 15) is 22.8 Å². The Morgan fingerprint density at radius 3 is 2.21 bits per heavy atom. The second-order valence-corrected chi connectivity index (χ2v) is 10.5. The van der Waals surface area contributed by atoms with Gasteiger partial charge in [0.2, 0.25) is 10.0 Å². The first kappa shape index (κ1) is 27.0. The summed E-state index contributed by atoms with van der Waals surface area (Å²) in [5, 5.41) is 11.6. The van der Waals surface area contributed by atoms with Crippen LogP contribution in [-0.4, -0.2) is 50.1 Å². The Morgan fingerprint density at radius 1 is 1.03 bits per heavy atom. The van der Waals surface area contributed by atoms with Crippen LogP contribution in [0.4, 0.5) is 0 Å². The Bertz CT molecular complexity index is 1140. The first-order valence-electron chi connectivity index (χ1n) is 10.7. The predicted molar refractivity (Wildman–Crippen MR) is 127 cm³/mol. The van der Waals surface area contributed by atoms with Gasteiger partial charge in [-0.05, 0) is 51.0 Å². The monoisotopic (exact) mass is 490 g/mol. The van der Waals surface area contributed by atoms with Gasteiger partial charge in [-0.3, -0.25) is 14.4 Å². The van der Waals surface area contributed by atoms with Crippen molar-refractivity contribution in [2.75, 3.05) is 7.11 Å². The highest BCUT2D eigenvalue weighted by Gasteiger charge is 2.25. The lowest BCUT2D eigenvalue weighted by atomic mass is 10.0. The third-order valence-corrected chi connectivity index (χ3v) is 6.57. The van der Waals surface area contributed by atoms with Crippen LogP contribution in [-0.2, 0) is 24.3 Å². The zero-order valence-electron chi connectivity index (χ0n) is 19.6. The Labute approximate surface area is 199 Å². The van der Waals surface area contributed by atoms with E-state index in [1.165, 1.54) is 25.3 Å². The Morgan fingerprint density at radius 2 is 1.65 bits per heavy atom. The quantitative estimate of drug-likeness (QED) is 0.435. The molecule has 2 aromatic carbocycles. The van der Waals surface area contributed by atoms with E-state index >= 15 is 0 Å². The number of carbonyl (C=O) groups is 3. The molecular formula is C24H30N2O7S. The first-order valence-corrected chi connectivity index (χ1v) is 12.1. The molecule has 10 heteroatoms. The van der Waals surface area contributed by atoms with Gasteiger partial charge in [0, 0.05) is 29.1 Å². The average Bonchev–Trinajstić information content (AvgIpc) is 2.75. The minimum Gasteiger partial charge on any atom is -0.481 e. The van der Waals surface area contributed by atoms with E-state index in [0.717, 1.165) is 0 Å². The fraction of sp³-hybridized carbons (Fsp3) is 0.375. The SMILES string of the molecule is COC(=O)CC(CCC(=O)O)NC(=O)c1ccc(-c2ccccc2S(=O)(=O)NC(C)(C)C)cc1. The number of sulfonamides is 1. The van der Waals surface area contributed by atoms with Gasteiger partial charge in [0.1, 0.15) is 0 Å². The molecule has 0 aromatic heterocycles. The molecule has 0 heterocycles. The van der Waals surface area contributed by atoms with Crippen LogP contribution in [0.3, 0.4) is 0 Å². The van der Waals surface area contributed by atoms with Gasteiger partial charge < -0.3 is 15.2 Å². The van der Waals surface area contributed by atoms with Gasteiger partial charge in [-0.2, -0.15) is 0 Å². The van der Waals surface area contributed by atoms with Crippen LogP contribution in [0.1, 0.15) is 50.4 Å². The van der Waals surface area contributed by atoms with E-state index in [0.29, 0.717) is 11.1 Å². The number of rotatable bonds is 10. The molecule has 2 aromatic rings. The summed E-state index contributed by atoms with van der Waals surface area (Å²) in [6.45, 7) is 5.26. The summed E-state index contributed by atoms with van der Waals surface area (Å²) in [5.41, 5.74) is 0.705. The van der Waals surface area contributed by atoms with E-state index in [1.807, 2.05) is 0 Å². The molecule has 2 rings (SSSR count).